The third-order valence-corrected chi connectivity index (χ3v) is 4.18. The second-order valence-corrected chi connectivity index (χ2v) is 6.58. The van der Waals surface area contributed by atoms with E-state index in [1.807, 2.05) is 0 Å². The Balaban J connectivity index is 1.57. The molecule has 1 saturated carbocycles. The van der Waals surface area contributed by atoms with Gasteiger partial charge in [-0.1, -0.05) is 13.8 Å². The first-order valence-corrected chi connectivity index (χ1v) is 6.86. The number of hydrogen-bond acceptors (Lipinski definition) is 2. The van der Waals surface area contributed by atoms with Crippen molar-refractivity contribution in [2.24, 2.45) is 11.3 Å². The fourth-order valence-corrected chi connectivity index (χ4v) is 2.93. The van der Waals surface area contributed by atoms with E-state index in [9.17, 15) is 0 Å². The maximum Gasteiger partial charge on any atom is 0.0587 e. The van der Waals surface area contributed by atoms with E-state index < -0.39 is 0 Å². The second-order valence-electron chi connectivity index (χ2n) is 6.58. The van der Waals surface area contributed by atoms with Crippen LogP contribution in [0, 0.1) is 11.3 Å². The second kappa shape index (κ2) is 4.66. The summed E-state index contributed by atoms with van der Waals surface area (Å²) in [6.07, 6.45) is 4.41. The van der Waals surface area contributed by atoms with Crippen LogP contribution in [0.1, 0.15) is 47.0 Å². The van der Waals surface area contributed by atoms with Crippen LogP contribution in [0.2, 0.25) is 0 Å². The standard InChI is InChI=1S/C14H27NO/c1-11(2)5-6-16-13-7-14(8-13)9-15(10-14)12(3)4/h11-13H,5-10H2,1-4H3. The van der Waals surface area contributed by atoms with Crippen molar-refractivity contribution in [3.8, 4) is 0 Å². The highest BCUT2D eigenvalue weighted by Gasteiger charge is 2.52. The van der Waals surface area contributed by atoms with Gasteiger partial charge in [0.25, 0.3) is 0 Å². The lowest BCUT2D eigenvalue weighted by Crippen LogP contribution is -2.65. The summed E-state index contributed by atoms with van der Waals surface area (Å²) >= 11 is 0. The zero-order valence-corrected chi connectivity index (χ0v) is 11.3. The zero-order valence-electron chi connectivity index (χ0n) is 11.3. The maximum absolute atomic E-state index is 5.90. The summed E-state index contributed by atoms with van der Waals surface area (Å²) in [6, 6.07) is 0.728. The van der Waals surface area contributed by atoms with Crippen LogP contribution in [-0.2, 0) is 4.74 Å². The third-order valence-electron chi connectivity index (χ3n) is 4.18. The number of hydrogen-bond donors (Lipinski definition) is 0. The van der Waals surface area contributed by atoms with Crippen LogP contribution in [0.3, 0.4) is 0 Å². The summed E-state index contributed by atoms with van der Waals surface area (Å²) in [5.41, 5.74) is 0.659. The lowest BCUT2D eigenvalue weighted by atomic mass is 9.61. The predicted molar refractivity (Wildman–Crippen MR) is 67.6 cm³/mol. The first-order valence-electron chi connectivity index (χ1n) is 6.86. The van der Waals surface area contributed by atoms with E-state index in [4.69, 9.17) is 4.74 Å². The van der Waals surface area contributed by atoms with E-state index in [1.54, 1.807) is 0 Å². The van der Waals surface area contributed by atoms with Gasteiger partial charge in [-0.15, -0.1) is 0 Å². The molecule has 0 bridgehead atoms. The molecule has 2 aliphatic rings. The first kappa shape index (κ1) is 12.4. The van der Waals surface area contributed by atoms with Gasteiger partial charge in [0, 0.05) is 31.2 Å². The monoisotopic (exact) mass is 225 g/mol. The molecule has 0 radical (unpaired) electrons. The Morgan fingerprint density at radius 2 is 1.81 bits per heavy atom. The van der Waals surface area contributed by atoms with Gasteiger partial charge in [0.1, 0.15) is 0 Å². The molecule has 2 fully saturated rings. The average Bonchev–Trinajstić information content (AvgIpc) is 2.03. The summed E-state index contributed by atoms with van der Waals surface area (Å²) in [7, 11) is 0. The highest BCUT2D eigenvalue weighted by atomic mass is 16.5. The van der Waals surface area contributed by atoms with Crippen molar-refractivity contribution >= 4 is 0 Å². The molecule has 0 unspecified atom stereocenters. The molecule has 1 heterocycles. The summed E-state index contributed by atoms with van der Waals surface area (Å²) < 4.78 is 5.90. The quantitative estimate of drug-likeness (QED) is 0.713. The lowest BCUT2D eigenvalue weighted by molar-refractivity contribution is -0.159. The molecule has 0 aromatic rings. The van der Waals surface area contributed by atoms with E-state index in [2.05, 4.69) is 32.6 Å². The minimum Gasteiger partial charge on any atom is -0.378 e. The Kier molecular flexibility index (Phi) is 3.60. The van der Waals surface area contributed by atoms with Crippen molar-refractivity contribution in [3.05, 3.63) is 0 Å². The highest BCUT2D eigenvalue weighted by molar-refractivity contribution is 5.05. The molecule has 0 amide bonds. The van der Waals surface area contributed by atoms with E-state index in [1.165, 1.54) is 32.4 Å². The van der Waals surface area contributed by atoms with E-state index in [0.29, 0.717) is 11.5 Å². The molecule has 2 heteroatoms. The van der Waals surface area contributed by atoms with Crippen LogP contribution in [0.25, 0.3) is 0 Å². The van der Waals surface area contributed by atoms with Crippen molar-refractivity contribution < 1.29 is 4.74 Å². The van der Waals surface area contributed by atoms with Crippen molar-refractivity contribution in [1.29, 1.82) is 0 Å². The largest absolute Gasteiger partial charge is 0.378 e. The molecule has 1 spiro atoms. The number of ether oxygens (including phenoxy) is 1. The zero-order chi connectivity index (χ0) is 11.8. The molecule has 0 atom stereocenters. The van der Waals surface area contributed by atoms with E-state index in [0.717, 1.165) is 18.6 Å². The third kappa shape index (κ3) is 2.60. The van der Waals surface area contributed by atoms with Crippen LogP contribution >= 0.6 is 0 Å². The molecule has 94 valence electrons. The molecule has 16 heavy (non-hydrogen) atoms. The van der Waals surface area contributed by atoms with Crippen molar-refractivity contribution in [2.45, 2.75) is 59.1 Å². The minimum atomic E-state index is 0.577. The van der Waals surface area contributed by atoms with Gasteiger partial charge in [-0.2, -0.15) is 0 Å². The molecule has 0 aromatic heterocycles. The molecule has 1 aliphatic heterocycles. The molecule has 1 saturated heterocycles. The molecule has 1 aliphatic carbocycles. The van der Waals surface area contributed by atoms with E-state index in [-0.39, 0.29) is 0 Å². The first-order chi connectivity index (χ1) is 7.51. The molecule has 2 nitrogen and oxygen atoms in total. The summed E-state index contributed by atoms with van der Waals surface area (Å²) in [5.74, 6) is 0.772. The minimum absolute atomic E-state index is 0.577. The van der Waals surface area contributed by atoms with Crippen molar-refractivity contribution in [2.75, 3.05) is 19.7 Å². The van der Waals surface area contributed by atoms with E-state index >= 15 is 0 Å². The Labute approximate surface area is 100 Å². The summed E-state index contributed by atoms with van der Waals surface area (Å²) in [6.45, 7) is 12.7. The van der Waals surface area contributed by atoms with Crippen LogP contribution in [-0.4, -0.2) is 36.7 Å². The Bertz CT molecular complexity index is 223. The predicted octanol–water partition coefficient (Wildman–Crippen LogP) is 2.92. The van der Waals surface area contributed by atoms with Gasteiger partial charge in [-0.25, -0.2) is 0 Å². The van der Waals surface area contributed by atoms with Crippen molar-refractivity contribution in [1.82, 2.24) is 4.90 Å². The normalized spacial score (nSPS) is 25.1. The fourth-order valence-electron chi connectivity index (χ4n) is 2.93. The van der Waals surface area contributed by atoms with Gasteiger partial charge in [0.15, 0.2) is 0 Å². The van der Waals surface area contributed by atoms with Crippen molar-refractivity contribution in [3.63, 3.8) is 0 Å². The highest BCUT2D eigenvalue weighted by Crippen LogP contribution is 2.50. The maximum atomic E-state index is 5.90. The number of rotatable bonds is 5. The SMILES string of the molecule is CC(C)CCOC1CC2(C1)CN(C(C)C)C2. The van der Waals surface area contributed by atoms with Crippen LogP contribution in [0.5, 0.6) is 0 Å². The molecule has 0 aromatic carbocycles. The summed E-state index contributed by atoms with van der Waals surface area (Å²) in [5, 5.41) is 0. The fraction of sp³-hybridized carbons (Fsp3) is 1.00. The van der Waals surface area contributed by atoms with Gasteiger partial charge in [0.05, 0.1) is 6.10 Å². The average molecular weight is 225 g/mol. The Morgan fingerprint density at radius 1 is 1.19 bits per heavy atom. The van der Waals surface area contributed by atoms with Gasteiger partial charge in [-0.05, 0) is 39.0 Å². The van der Waals surface area contributed by atoms with Gasteiger partial charge in [0.2, 0.25) is 0 Å². The smallest absolute Gasteiger partial charge is 0.0587 e. The summed E-state index contributed by atoms with van der Waals surface area (Å²) in [4.78, 5) is 2.57. The lowest BCUT2D eigenvalue weighted by Gasteiger charge is -2.60. The van der Waals surface area contributed by atoms with Crippen LogP contribution < -0.4 is 0 Å². The Morgan fingerprint density at radius 3 is 2.31 bits per heavy atom. The van der Waals surface area contributed by atoms with Gasteiger partial charge >= 0.3 is 0 Å². The molecule has 0 N–H and O–H groups in total. The topological polar surface area (TPSA) is 12.5 Å². The molecule has 2 rings (SSSR count). The van der Waals surface area contributed by atoms with Gasteiger partial charge < -0.3 is 4.74 Å². The molecular weight excluding hydrogens is 198 g/mol. The molecular formula is C14H27NO. The number of nitrogens with zero attached hydrogens (tertiary/aromatic N) is 1. The van der Waals surface area contributed by atoms with Gasteiger partial charge in [-0.3, -0.25) is 4.90 Å². The van der Waals surface area contributed by atoms with Crippen LogP contribution in [0.15, 0.2) is 0 Å². The van der Waals surface area contributed by atoms with Crippen LogP contribution in [0.4, 0.5) is 0 Å². The Hall–Kier alpha value is -0.0800. The number of likely N-dealkylation sites (tertiary alicyclic amines) is 1.